The number of hydrogen-bond acceptors (Lipinski definition) is 4. The van der Waals surface area contributed by atoms with E-state index in [1.165, 1.54) is 13.1 Å². The maximum absolute atomic E-state index is 5.41. The van der Waals surface area contributed by atoms with Crippen molar-refractivity contribution in [3.8, 4) is 0 Å². The summed E-state index contributed by atoms with van der Waals surface area (Å²) in [4.78, 5) is 5.00. The molecule has 0 spiro atoms. The number of nitrogens with zero attached hydrogens (tertiary/aromatic N) is 2. The number of rotatable bonds is 6. The summed E-state index contributed by atoms with van der Waals surface area (Å²) in [7, 11) is 2.20. The first-order valence-electron chi connectivity index (χ1n) is 7.67. The van der Waals surface area contributed by atoms with Crippen LogP contribution < -0.4 is 5.32 Å². The highest BCUT2D eigenvalue weighted by molar-refractivity contribution is 5.00. The van der Waals surface area contributed by atoms with Gasteiger partial charge in [-0.3, -0.25) is 4.90 Å². The van der Waals surface area contributed by atoms with E-state index in [0.29, 0.717) is 6.04 Å². The van der Waals surface area contributed by atoms with E-state index in [-0.39, 0.29) is 5.54 Å². The zero-order chi connectivity index (χ0) is 14.6. The molecule has 0 amide bonds. The van der Waals surface area contributed by atoms with Crippen molar-refractivity contribution >= 4 is 0 Å². The molecule has 114 valence electrons. The highest BCUT2D eigenvalue weighted by Crippen LogP contribution is 2.16. The fourth-order valence-corrected chi connectivity index (χ4v) is 2.75. The smallest absolute Gasteiger partial charge is 0.105 e. The van der Waals surface area contributed by atoms with Crippen molar-refractivity contribution in [2.45, 2.75) is 38.8 Å². The van der Waals surface area contributed by atoms with Crippen molar-refractivity contribution in [2.24, 2.45) is 0 Å². The lowest BCUT2D eigenvalue weighted by molar-refractivity contribution is 0.0604. The molecule has 0 aromatic carbocycles. The molecule has 0 bridgehead atoms. The summed E-state index contributed by atoms with van der Waals surface area (Å²) in [5.74, 6) is 1.06. The molecule has 1 aliphatic rings. The van der Waals surface area contributed by atoms with Crippen LogP contribution in [-0.4, -0.2) is 61.2 Å². The molecule has 1 unspecified atom stereocenters. The van der Waals surface area contributed by atoms with Gasteiger partial charge in [0.15, 0.2) is 0 Å². The van der Waals surface area contributed by atoms with Crippen LogP contribution in [0.25, 0.3) is 0 Å². The number of nitrogens with one attached hydrogen (secondary N) is 1. The van der Waals surface area contributed by atoms with Gasteiger partial charge in [-0.1, -0.05) is 0 Å². The monoisotopic (exact) mass is 279 g/mol. The molecule has 1 atom stereocenters. The molecule has 1 aromatic heterocycles. The zero-order valence-electron chi connectivity index (χ0n) is 13.4. The van der Waals surface area contributed by atoms with E-state index in [1.807, 2.05) is 12.1 Å². The highest BCUT2D eigenvalue weighted by Gasteiger charge is 2.29. The molecule has 0 aliphatic carbocycles. The van der Waals surface area contributed by atoms with Crippen LogP contribution in [0, 0.1) is 0 Å². The van der Waals surface area contributed by atoms with E-state index in [9.17, 15) is 0 Å². The Kier molecular flexibility index (Phi) is 5.24. The Morgan fingerprint density at radius 3 is 2.60 bits per heavy atom. The second-order valence-corrected chi connectivity index (χ2v) is 6.67. The second kappa shape index (κ2) is 6.74. The minimum absolute atomic E-state index is 0.207. The molecule has 4 heteroatoms. The third-order valence-electron chi connectivity index (χ3n) is 4.33. The molecule has 20 heavy (non-hydrogen) atoms. The summed E-state index contributed by atoms with van der Waals surface area (Å²) >= 11 is 0. The molecule has 4 nitrogen and oxygen atoms in total. The van der Waals surface area contributed by atoms with Gasteiger partial charge in [0.25, 0.3) is 0 Å². The number of likely N-dealkylation sites (N-methyl/N-ethyl adjacent to an activating group) is 1. The third-order valence-corrected chi connectivity index (χ3v) is 4.33. The predicted molar refractivity (Wildman–Crippen MR) is 83.0 cm³/mol. The van der Waals surface area contributed by atoms with Gasteiger partial charge in [0.2, 0.25) is 0 Å². The van der Waals surface area contributed by atoms with Crippen molar-refractivity contribution in [3.05, 3.63) is 24.2 Å². The summed E-state index contributed by atoms with van der Waals surface area (Å²) < 4.78 is 5.41. The van der Waals surface area contributed by atoms with Crippen molar-refractivity contribution < 1.29 is 4.42 Å². The van der Waals surface area contributed by atoms with Gasteiger partial charge in [0, 0.05) is 50.7 Å². The molecule has 1 saturated heterocycles. The Labute approximate surface area is 123 Å². The molecule has 2 heterocycles. The van der Waals surface area contributed by atoms with E-state index in [4.69, 9.17) is 4.42 Å². The SMILES string of the molecule is CC(Cc1ccco1)NCC(C)(C)N1CCN(C)CC1. The van der Waals surface area contributed by atoms with Gasteiger partial charge in [-0.15, -0.1) is 0 Å². The number of furan rings is 1. The quantitative estimate of drug-likeness (QED) is 0.861. The van der Waals surface area contributed by atoms with Crippen LogP contribution in [-0.2, 0) is 6.42 Å². The Bertz CT molecular complexity index is 380. The first-order chi connectivity index (χ1) is 9.47. The first kappa shape index (κ1) is 15.5. The van der Waals surface area contributed by atoms with Gasteiger partial charge in [-0.2, -0.15) is 0 Å². The Hall–Kier alpha value is -0.840. The lowest BCUT2D eigenvalue weighted by Crippen LogP contribution is -2.58. The summed E-state index contributed by atoms with van der Waals surface area (Å²) in [5, 5.41) is 3.65. The molecule has 1 aliphatic heterocycles. The van der Waals surface area contributed by atoms with Gasteiger partial charge in [0.05, 0.1) is 6.26 Å². The molecule has 1 N–H and O–H groups in total. The molecule has 0 saturated carbocycles. The van der Waals surface area contributed by atoms with Gasteiger partial charge >= 0.3 is 0 Å². The second-order valence-electron chi connectivity index (χ2n) is 6.67. The lowest BCUT2D eigenvalue weighted by atomic mass is 10.0. The van der Waals surface area contributed by atoms with Crippen molar-refractivity contribution in [3.63, 3.8) is 0 Å². The molecule has 1 aromatic rings. The molecular weight excluding hydrogens is 250 g/mol. The van der Waals surface area contributed by atoms with Crippen LogP contribution in [0.3, 0.4) is 0 Å². The Morgan fingerprint density at radius 1 is 1.30 bits per heavy atom. The highest BCUT2D eigenvalue weighted by atomic mass is 16.3. The van der Waals surface area contributed by atoms with Crippen LogP contribution in [0.5, 0.6) is 0 Å². The normalized spacial score (nSPS) is 20.2. The van der Waals surface area contributed by atoms with E-state index in [2.05, 4.69) is 42.9 Å². The van der Waals surface area contributed by atoms with Gasteiger partial charge in [-0.05, 0) is 40.0 Å². The Balaban J connectivity index is 1.76. The average molecular weight is 279 g/mol. The summed E-state index contributed by atoms with van der Waals surface area (Å²) in [6, 6.07) is 4.44. The Morgan fingerprint density at radius 2 is 2.00 bits per heavy atom. The van der Waals surface area contributed by atoms with Crippen LogP contribution in [0.15, 0.2) is 22.8 Å². The number of piperazine rings is 1. The largest absolute Gasteiger partial charge is 0.469 e. The van der Waals surface area contributed by atoms with Crippen LogP contribution in [0.4, 0.5) is 0 Å². The number of hydrogen-bond donors (Lipinski definition) is 1. The van der Waals surface area contributed by atoms with E-state index in [0.717, 1.165) is 31.8 Å². The summed E-state index contributed by atoms with van der Waals surface area (Å²) in [5.41, 5.74) is 0.207. The fourth-order valence-electron chi connectivity index (χ4n) is 2.75. The van der Waals surface area contributed by atoms with Crippen LogP contribution in [0.1, 0.15) is 26.5 Å². The van der Waals surface area contributed by atoms with Crippen LogP contribution in [0.2, 0.25) is 0 Å². The predicted octanol–water partition coefficient (Wildman–Crippen LogP) is 1.83. The maximum Gasteiger partial charge on any atom is 0.105 e. The minimum Gasteiger partial charge on any atom is -0.469 e. The van der Waals surface area contributed by atoms with Gasteiger partial charge < -0.3 is 14.6 Å². The molecule has 1 fully saturated rings. The van der Waals surface area contributed by atoms with Crippen molar-refractivity contribution in [1.82, 2.24) is 15.1 Å². The first-order valence-corrected chi connectivity index (χ1v) is 7.67. The average Bonchev–Trinajstić information content (AvgIpc) is 2.90. The van der Waals surface area contributed by atoms with E-state index in [1.54, 1.807) is 6.26 Å². The van der Waals surface area contributed by atoms with E-state index >= 15 is 0 Å². The van der Waals surface area contributed by atoms with Crippen molar-refractivity contribution in [1.29, 1.82) is 0 Å². The summed E-state index contributed by atoms with van der Waals surface area (Å²) in [6.07, 6.45) is 2.70. The standard InChI is InChI=1S/C16H29N3O/c1-14(12-15-6-5-11-20-15)17-13-16(2,3)19-9-7-18(4)8-10-19/h5-6,11,14,17H,7-10,12-13H2,1-4H3. The molecule has 0 radical (unpaired) electrons. The maximum atomic E-state index is 5.41. The minimum atomic E-state index is 0.207. The van der Waals surface area contributed by atoms with Gasteiger partial charge in [-0.25, -0.2) is 0 Å². The van der Waals surface area contributed by atoms with Crippen LogP contribution >= 0.6 is 0 Å². The molecular formula is C16H29N3O. The van der Waals surface area contributed by atoms with Gasteiger partial charge in [0.1, 0.15) is 5.76 Å². The third kappa shape index (κ3) is 4.33. The topological polar surface area (TPSA) is 31.7 Å². The summed E-state index contributed by atoms with van der Waals surface area (Å²) in [6.45, 7) is 12.6. The van der Waals surface area contributed by atoms with E-state index < -0.39 is 0 Å². The zero-order valence-corrected chi connectivity index (χ0v) is 13.4. The van der Waals surface area contributed by atoms with Crippen molar-refractivity contribution in [2.75, 3.05) is 39.8 Å². The fraction of sp³-hybridized carbons (Fsp3) is 0.750. The molecule has 2 rings (SSSR count). The lowest BCUT2D eigenvalue weighted by Gasteiger charge is -2.43.